The van der Waals surface area contributed by atoms with Crippen molar-refractivity contribution in [2.45, 2.75) is 24.8 Å². The summed E-state index contributed by atoms with van der Waals surface area (Å²) in [7, 11) is -3.54. The summed E-state index contributed by atoms with van der Waals surface area (Å²) in [5.41, 5.74) is 5.84. The van der Waals surface area contributed by atoms with Crippen LogP contribution >= 0.6 is 0 Å². The van der Waals surface area contributed by atoms with Crippen molar-refractivity contribution in [3.05, 3.63) is 24.0 Å². The van der Waals surface area contributed by atoms with Crippen LogP contribution in [-0.2, 0) is 21.3 Å². The van der Waals surface area contributed by atoms with Crippen molar-refractivity contribution in [1.82, 2.24) is 9.71 Å². The molecule has 0 radical (unpaired) electrons. The summed E-state index contributed by atoms with van der Waals surface area (Å²) in [4.78, 5) is 4.09. The topological polar surface area (TPSA) is 94.3 Å². The quantitative estimate of drug-likeness (QED) is 0.662. The molecule has 1 rings (SSSR count). The Kier molecular flexibility index (Phi) is 6.20. The number of hydrogen-bond donors (Lipinski definition) is 2. The van der Waals surface area contributed by atoms with Crippen LogP contribution in [0.5, 0.6) is 0 Å². The Morgan fingerprint density at radius 3 is 2.94 bits per heavy atom. The van der Waals surface area contributed by atoms with Gasteiger partial charge in [-0.3, -0.25) is 4.98 Å². The lowest BCUT2D eigenvalue weighted by molar-refractivity contribution is 0.146. The first-order valence-corrected chi connectivity index (χ1v) is 7.31. The highest BCUT2D eigenvalue weighted by Crippen LogP contribution is 2.11. The molecule has 3 N–H and O–H groups in total. The molecule has 1 aromatic heterocycles. The second kappa shape index (κ2) is 7.42. The molecule has 1 heterocycles. The zero-order chi connectivity index (χ0) is 13.4. The molecule has 0 fully saturated rings. The van der Waals surface area contributed by atoms with Gasteiger partial charge in [0.15, 0.2) is 0 Å². The summed E-state index contributed by atoms with van der Waals surface area (Å²) in [5.74, 6) is 0. The minimum Gasteiger partial charge on any atom is -0.382 e. The highest BCUT2D eigenvalue weighted by molar-refractivity contribution is 7.89. The molecule has 0 unspecified atom stereocenters. The van der Waals surface area contributed by atoms with E-state index in [1.54, 1.807) is 6.07 Å². The van der Waals surface area contributed by atoms with Gasteiger partial charge in [0, 0.05) is 32.5 Å². The molecule has 18 heavy (non-hydrogen) atoms. The van der Waals surface area contributed by atoms with Crippen molar-refractivity contribution in [2.24, 2.45) is 5.73 Å². The first-order valence-electron chi connectivity index (χ1n) is 5.83. The minimum atomic E-state index is -3.54. The van der Waals surface area contributed by atoms with Crippen molar-refractivity contribution < 1.29 is 13.2 Å². The number of rotatable bonds is 8. The molecule has 6 nitrogen and oxygen atoms in total. The van der Waals surface area contributed by atoms with E-state index in [4.69, 9.17) is 10.5 Å². The number of hydrogen-bond acceptors (Lipinski definition) is 5. The summed E-state index contributed by atoms with van der Waals surface area (Å²) < 4.78 is 31.6. The van der Waals surface area contributed by atoms with Crippen LogP contribution in [0.2, 0.25) is 0 Å². The van der Waals surface area contributed by atoms with E-state index >= 15 is 0 Å². The maximum absolute atomic E-state index is 12.0. The molecule has 0 spiro atoms. The van der Waals surface area contributed by atoms with Gasteiger partial charge in [-0.15, -0.1) is 0 Å². The van der Waals surface area contributed by atoms with E-state index in [2.05, 4.69) is 9.71 Å². The molecule has 7 heteroatoms. The molecule has 0 aliphatic rings. The number of nitrogens with two attached hydrogens (primary N) is 1. The van der Waals surface area contributed by atoms with Crippen molar-refractivity contribution in [2.75, 3.05) is 19.8 Å². The Bertz CT molecular complexity index is 462. The highest BCUT2D eigenvalue weighted by Gasteiger charge is 2.17. The van der Waals surface area contributed by atoms with E-state index in [1.165, 1.54) is 12.3 Å². The summed E-state index contributed by atoms with van der Waals surface area (Å²) in [6.45, 7) is 3.49. The first-order chi connectivity index (χ1) is 8.61. The van der Waals surface area contributed by atoms with E-state index in [0.29, 0.717) is 31.9 Å². The lowest BCUT2D eigenvalue weighted by Gasteiger charge is -2.09. The third kappa shape index (κ3) is 4.34. The second-order valence-electron chi connectivity index (χ2n) is 3.60. The highest BCUT2D eigenvalue weighted by atomic mass is 32.2. The number of pyridine rings is 1. The molecule has 0 amide bonds. The predicted octanol–water partition coefficient (Wildman–Crippen LogP) is 0.245. The SMILES string of the molecule is CCOCCCNS(=O)(=O)c1cccnc1CN. The van der Waals surface area contributed by atoms with Crippen LogP contribution in [0.3, 0.4) is 0 Å². The van der Waals surface area contributed by atoms with Gasteiger partial charge in [0.2, 0.25) is 10.0 Å². The maximum Gasteiger partial charge on any atom is 0.242 e. The van der Waals surface area contributed by atoms with Crippen LogP contribution in [-0.4, -0.2) is 33.2 Å². The average Bonchev–Trinajstić information content (AvgIpc) is 2.38. The normalized spacial score (nSPS) is 11.7. The van der Waals surface area contributed by atoms with Gasteiger partial charge in [0.1, 0.15) is 4.90 Å². The van der Waals surface area contributed by atoms with Crippen LogP contribution in [0, 0.1) is 0 Å². The third-order valence-electron chi connectivity index (χ3n) is 2.29. The summed E-state index contributed by atoms with van der Waals surface area (Å²) in [6.07, 6.45) is 2.15. The summed E-state index contributed by atoms with van der Waals surface area (Å²) in [6, 6.07) is 3.08. The average molecular weight is 273 g/mol. The number of sulfonamides is 1. The molecule has 0 aliphatic carbocycles. The molecule has 0 atom stereocenters. The lowest BCUT2D eigenvalue weighted by Crippen LogP contribution is -2.27. The fourth-order valence-electron chi connectivity index (χ4n) is 1.42. The summed E-state index contributed by atoms with van der Waals surface area (Å²) in [5, 5.41) is 0. The Morgan fingerprint density at radius 2 is 2.28 bits per heavy atom. The minimum absolute atomic E-state index is 0.0933. The Morgan fingerprint density at radius 1 is 1.50 bits per heavy atom. The smallest absolute Gasteiger partial charge is 0.242 e. The zero-order valence-corrected chi connectivity index (χ0v) is 11.2. The van der Waals surface area contributed by atoms with Crippen LogP contribution in [0.4, 0.5) is 0 Å². The standard InChI is InChI=1S/C11H19N3O3S/c1-2-17-8-4-7-14-18(15,16)11-5-3-6-13-10(11)9-12/h3,5-6,14H,2,4,7-9,12H2,1H3. The predicted molar refractivity (Wildman–Crippen MR) is 68.4 cm³/mol. The largest absolute Gasteiger partial charge is 0.382 e. The van der Waals surface area contributed by atoms with Gasteiger partial charge in [-0.25, -0.2) is 13.1 Å². The van der Waals surface area contributed by atoms with Crippen molar-refractivity contribution >= 4 is 10.0 Å². The van der Waals surface area contributed by atoms with Crippen molar-refractivity contribution in [1.29, 1.82) is 0 Å². The molecule has 0 saturated heterocycles. The van der Waals surface area contributed by atoms with Crippen LogP contribution < -0.4 is 10.5 Å². The zero-order valence-electron chi connectivity index (χ0n) is 10.4. The molecule has 0 aliphatic heterocycles. The van der Waals surface area contributed by atoms with Gasteiger partial charge >= 0.3 is 0 Å². The van der Waals surface area contributed by atoms with Crippen LogP contribution in [0.15, 0.2) is 23.2 Å². The van der Waals surface area contributed by atoms with Gasteiger partial charge in [-0.1, -0.05) is 0 Å². The summed E-state index contributed by atoms with van der Waals surface area (Å²) >= 11 is 0. The van der Waals surface area contributed by atoms with E-state index in [0.717, 1.165) is 0 Å². The number of aromatic nitrogens is 1. The molecule has 102 valence electrons. The van der Waals surface area contributed by atoms with Crippen LogP contribution in [0.1, 0.15) is 19.0 Å². The van der Waals surface area contributed by atoms with Gasteiger partial charge in [0.25, 0.3) is 0 Å². The van der Waals surface area contributed by atoms with E-state index in [1.807, 2.05) is 6.92 Å². The van der Waals surface area contributed by atoms with E-state index in [-0.39, 0.29) is 11.4 Å². The van der Waals surface area contributed by atoms with Gasteiger partial charge in [-0.2, -0.15) is 0 Å². The Labute approximate surface area is 108 Å². The van der Waals surface area contributed by atoms with Crippen LogP contribution in [0.25, 0.3) is 0 Å². The number of nitrogens with zero attached hydrogens (tertiary/aromatic N) is 1. The fraction of sp³-hybridized carbons (Fsp3) is 0.545. The molecule has 0 bridgehead atoms. The van der Waals surface area contributed by atoms with Crippen molar-refractivity contribution in [3.8, 4) is 0 Å². The molecule has 1 aromatic rings. The van der Waals surface area contributed by atoms with Gasteiger partial charge in [-0.05, 0) is 25.5 Å². The molecular formula is C11H19N3O3S. The number of nitrogens with one attached hydrogen (secondary N) is 1. The Hall–Kier alpha value is -1.02. The monoisotopic (exact) mass is 273 g/mol. The van der Waals surface area contributed by atoms with Gasteiger partial charge in [0.05, 0.1) is 5.69 Å². The molecular weight excluding hydrogens is 254 g/mol. The molecule has 0 saturated carbocycles. The fourth-order valence-corrected chi connectivity index (χ4v) is 2.70. The number of ether oxygens (including phenoxy) is 1. The maximum atomic E-state index is 12.0. The lowest BCUT2D eigenvalue weighted by atomic mass is 10.3. The molecule has 0 aromatic carbocycles. The second-order valence-corrected chi connectivity index (χ2v) is 5.34. The van der Waals surface area contributed by atoms with Crippen molar-refractivity contribution in [3.63, 3.8) is 0 Å². The Balaban J connectivity index is 2.63. The third-order valence-corrected chi connectivity index (χ3v) is 3.83. The first kappa shape index (κ1) is 15.0. The van der Waals surface area contributed by atoms with Gasteiger partial charge < -0.3 is 10.5 Å². The van der Waals surface area contributed by atoms with E-state index in [9.17, 15) is 8.42 Å². The van der Waals surface area contributed by atoms with E-state index < -0.39 is 10.0 Å².